The van der Waals surface area contributed by atoms with Crippen LogP contribution in [0.2, 0.25) is 0 Å². The molecule has 0 bridgehead atoms. The van der Waals surface area contributed by atoms with E-state index in [1.54, 1.807) is 34.6 Å². The van der Waals surface area contributed by atoms with Gasteiger partial charge in [0, 0.05) is 32.2 Å². The molecule has 270 valence electrons. The topological polar surface area (TPSA) is 146 Å². The fraction of sp³-hybridized carbons (Fsp3) is 0.514. The van der Waals surface area contributed by atoms with Crippen molar-refractivity contribution in [1.29, 1.82) is 0 Å². The average Bonchev–Trinajstić information content (AvgIpc) is 3.84. The number of nitrogens with one attached hydrogen (secondary N) is 1. The zero-order chi connectivity index (χ0) is 35.0. The van der Waals surface area contributed by atoms with Crippen LogP contribution in [-0.4, -0.2) is 111 Å². The van der Waals surface area contributed by atoms with E-state index < -0.39 is 42.9 Å². The van der Waals surface area contributed by atoms with Crippen molar-refractivity contribution in [2.75, 3.05) is 52.5 Å². The predicted octanol–water partition coefficient (Wildman–Crippen LogP) is 3.20. The number of piperidine rings is 1. The monoisotopic (exact) mass is 725 g/mol. The summed E-state index contributed by atoms with van der Waals surface area (Å²) < 4.78 is 65.7. The van der Waals surface area contributed by atoms with Crippen LogP contribution in [0.15, 0.2) is 82.6 Å². The summed E-state index contributed by atoms with van der Waals surface area (Å²) in [6, 6.07) is 21.8. The molecule has 3 heterocycles. The molecule has 2 atom stereocenters. The van der Waals surface area contributed by atoms with E-state index in [-0.39, 0.29) is 24.1 Å². The van der Waals surface area contributed by atoms with Gasteiger partial charge in [0.15, 0.2) is 9.84 Å². The van der Waals surface area contributed by atoms with E-state index in [9.17, 15) is 27.0 Å². The first kappa shape index (κ1) is 35.5. The zero-order valence-electron chi connectivity index (χ0n) is 28.2. The molecule has 3 saturated heterocycles. The van der Waals surface area contributed by atoms with Crippen LogP contribution < -0.4 is 10.1 Å². The number of likely N-dealkylation sites (tertiary alicyclic amines) is 1. The first-order chi connectivity index (χ1) is 24.0. The number of rotatable bonds is 14. The Morgan fingerprint density at radius 1 is 0.880 bits per heavy atom. The Morgan fingerprint density at radius 2 is 1.60 bits per heavy atom. The van der Waals surface area contributed by atoms with Gasteiger partial charge in [-0.1, -0.05) is 42.5 Å². The molecule has 3 aromatic rings. The van der Waals surface area contributed by atoms with Crippen molar-refractivity contribution in [3.63, 3.8) is 0 Å². The molecular formula is C37H47N3O8S2. The molecule has 4 aliphatic rings. The lowest BCUT2D eigenvalue weighted by atomic mass is 9.88. The van der Waals surface area contributed by atoms with Crippen molar-refractivity contribution < 1.29 is 36.5 Å². The van der Waals surface area contributed by atoms with Gasteiger partial charge in [-0.25, -0.2) is 16.8 Å². The average molecular weight is 726 g/mol. The van der Waals surface area contributed by atoms with Crippen molar-refractivity contribution >= 4 is 19.9 Å². The van der Waals surface area contributed by atoms with Crippen LogP contribution in [0, 0.1) is 0 Å². The van der Waals surface area contributed by atoms with Gasteiger partial charge in [-0.05, 0) is 98.6 Å². The molecular weight excluding hydrogens is 679 g/mol. The van der Waals surface area contributed by atoms with Gasteiger partial charge in [-0.15, -0.1) is 0 Å². The summed E-state index contributed by atoms with van der Waals surface area (Å²) >= 11 is 0. The Labute approximate surface area is 295 Å². The minimum Gasteiger partial charge on any atom is -0.491 e. The molecule has 3 aliphatic heterocycles. The number of nitrogens with zero attached hydrogens (tertiary/aromatic N) is 2. The molecule has 1 aliphatic carbocycles. The number of benzene rings is 3. The third-order valence-corrected chi connectivity index (χ3v) is 15.3. The second-order valence-electron chi connectivity index (χ2n) is 14.3. The second kappa shape index (κ2) is 14.3. The molecule has 11 nitrogen and oxygen atoms in total. The highest BCUT2D eigenvalue weighted by Crippen LogP contribution is 2.46. The number of ether oxygens (including phenoxy) is 2. The summed E-state index contributed by atoms with van der Waals surface area (Å²) in [6.45, 7) is 4.27. The normalized spacial score (nSPS) is 22.6. The lowest BCUT2D eigenvalue weighted by molar-refractivity contribution is -0.0312. The zero-order valence-corrected chi connectivity index (χ0v) is 29.9. The quantitative estimate of drug-likeness (QED) is 0.227. The van der Waals surface area contributed by atoms with Crippen LogP contribution in [0.25, 0.3) is 11.1 Å². The molecule has 4 fully saturated rings. The number of hydrogen-bond donors (Lipinski definition) is 3. The number of aliphatic hydroxyl groups is 2. The number of sulfone groups is 1. The molecule has 0 aromatic heterocycles. The lowest BCUT2D eigenvalue weighted by Gasteiger charge is -2.38. The van der Waals surface area contributed by atoms with E-state index in [1.807, 2.05) is 6.07 Å². The molecule has 1 spiro atoms. The van der Waals surface area contributed by atoms with Crippen molar-refractivity contribution in [1.82, 2.24) is 14.5 Å². The summed E-state index contributed by atoms with van der Waals surface area (Å²) in [5.41, 5.74) is 2.72. The minimum atomic E-state index is -3.68. The molecule has 1 unspecified atom stereocenters. The Bertz CT molecular complexity index is 1870. The third-order valence-electron chi connectivity index (χ3n) is 10.8. The van der Waals surface area contributed by atoms with Gasteiger partial charge in [0.2, 0.25) is 10.0 Å². The Hall–Kier alpha value is -2.88. The number of hydrogen-bond acceptors (Lipinski definition) is 10. The van der Waals surface area contributed by atoms with Crippen molar-refractivity contribution in [2.24, 2.45) is 0 Å². The number of sulfonamides is 1. The minimum absolute atomic E-state index is 0.00321. The van der Waals surface area contributed by atoms with Crippen molar-refractivity contribution in [3.05, 3.63) is 78.4 Å². The smallest absolute Gasteiger partial charge is 0.243 e. The van der Waals surface area contributed by atoms with Gasteiger partial charge >= 0.3 is 0 Å². The molecule has 50 heavy (non-hydrogen) atoms. The Balaban J connectivity index is 0.876. The fourth-order valence-electron chi connectivity index (χ4n) is 7.23. The summed E-state index contributed by atoms with van der Waals surface area (Å²) in [4.78, 5) is 2.81. The van der Waals surface area contributed by atoms with E-state index in [0.29, 0.717) is 62.4 Å². The second-order valence-corrected chi connectivity index (χ2v) is 18.6. The van der Waals surface area contributed by atoms with Crippen LogP contribution in [0.1, 0.15) is 44.1 Å². The molecule has 3 aromatic carbocycles. The number of aliphatic hydroxyl groups excluding tert-OH is 2. The fourth-order valence-corrected chi connectivity index (χ4v) is 10.6. The maximum absolute atomic E-state index is 13.7. The predicted molar refractivity (Wildman–Crippen MR) is 189 cm³/mol. The van der Waals surface area contributed by atoms with Gasteiger partial charge in [0.1, 0.15) is 18.5 Å². The molecule has 7 rings (SSSR count). The van der Waals surface area contributed by atoms with Gasteiger partial charge in [0.05, 0.1) is 33.4 Å². The maximum Gasteiger partial charge on any atom is 0.243 e. The van der Waals surface area contributed by atoms with Crippen LogP contribution >= 0.6 is 0 Å². The highest BCUT2D eigenvalue weighted by Gasteiger charge is 2.54. The molecule has 3 N–H and O–H groups in total. The summed E-state index contributed by atoms with van der Waals surface area (Å²) in [5.74, 6) is 0.335. The largest absolute Gasteiger partial charge is 0.491 e. The van der Waals surface area contributed by atoms with E-state index in [4.69, 9.17) is 9.47 Å². The van der Waals surface area contributed by atoms with Crippen LogP contribution in [0.4, 0.5) is 0 Å². The first-order valence-electron chi connectivity index (χ1n) is 17.6. The third kappa shape index (κ3) is 7.38. The summed E-state index contributed by atoms with van der Waals surface area (Å²) in [6.07, 6.45) is 3.18. The lowest BCUT2D eigenvalue weighted by Crippen LogP contribution is -2.47. The van der Waals surface area contributed by atoms with Crippen LogP contribution in [0.5, 0.6) is 5.75 Å². The first-order valence-corrected chi connectivity index (χ1v) is 20.5. The van der Waals surface area contributed by atoms with E-state index in [1.165, 1.54) is 24.1 Å². The van der Waals surface area contributed by atoms with E-state index >= 15 is 0 Å². The standard InChI is InChI=1S/C37H47N3O8S2/c41-27-37(12-13-37)49(43,44)34-6-2-5-33(21-34)47-26-32(42)23-38-31-22-36(48-25-31)14-18-40(19-15-36)50(45,46)35-7-1-4-30(20-35)29-10-8-28(9-11-29)24-39-16-3-17-39/h1-2,4-11,20-21,31-32,38,41-42H,3,12-19,22-27H2/t31-,32?/m1/s1. The Kier molecular flexibility index (Phi) is 10.1. The molecule has 1 saturated carbocycles. The summed E-state index contributed by atoms with van der Waals surface area (Å²) in [7, 11) is -7.35. The van der Waals surface area contributed by atoms with Gasteiger partial charge < -0.3 is 25.0 Å². The SMILES string of the molecule is O=S(=O)(c1cccc(-c2ccc(CN3CCC3)cc2)c1)N1CCC2(CC1)C[C@@H](NCC(O)COc1cccc(S(=O)(=O)C3(CO)CC3)c1)CO2. The highest BCUT2D eigenvalue weighted by atomic mass is 32.2. The van der Waals surface area contributed by atoms with Crippen LogP contribution in [-0.2, 0) is 31.1 Å². The van der Waals surface area contributed by atoms with E-state index in [2.05, 4.69) is 34.5 Å². The van der Waals surface area contributed by atoms with Crippen molar-refractivity contribution in [2.45, 2.75) is 77.4 Å². The molecule has 13 heteroatoms. The molecule has 0 amide bonds. The van der Waals surface area contributed by atoms with E-state index in [0.717, 1.165) is 30.8 Å². The Morgan fingerprint density at radius 3 is 2.28 bits per heavy atom. The highest BCUT2D eigenvalue weighted by molar-refractivity contribution is 7.93. The van der Waals surface area contributed by atoms with Crippen LogP contribution in [0.3, 0.4) is 0 Å². The molecule has 0 radical (unpaired) electrons. The van der Waals surface area contributed by atoms with Gasteiger partial charge in [-0.3, -0.25) is 4.90 Å². The van der Waals surface area contributed by atoms with Gasteiger partial charge in [0.25, 0.3) is 0 Å². The van der Waals surface area contributed by atoms with Gasteiger partial charge in [-0.2, -0.15) is 4.31 Å². The summed E-state index contributed by atoms with van der Waals surface area (Å²) in [5, 5.41) is 23.6. The van der Waals surface area contributed by atoms with Crippen molar-refractivity contribution in [3.8, 4) is 16.9 Å². The maximum atomic E-state index is 13.7.